The van der Waals surface area contributed by atoms with Crippen LogP contribution in [0.15, 0.2) is 60.0 Å². The van der Waals surface area contributed by atoms with Gasteiger partial charge in [-0.25, -0.2) is 0 Å². The predicted molar refractivity (Wildman–Crippen MR) is 112 cm³/mol. The van der Waals surface area contributed by atoms with Gasteiger partial charge in [0.2, 0.25) is 0 Å². The topological polar surface area (TPSA) is 32.3 Å². The van der Waals surface area contributed by atoms with Crippen molar-refractivity contribution < 1.29 is 4.90 Å². The standard InChI is InChI=1S/C23H21N3S/c1-14-11-13-27-22(14)23-25-19-9-5-3-7-17(19)21-20-16(10-12-26(21)23)15-6-2-4-8-18(15)24-20/h2-9,11,13,21,23-25H,10,12H2,1H3/p+1/t21-,23-/m0/s1. The summed E-state index contributed by atoms with van der Waals surface area (Å²) in [7, 11) is 0. The van der Waals surface area contributed by atoms with Crippen molar-refractivity contribution in [3.8, 4) is 0 Å². The quantitative estimate of drug-likeness (QED) is 0.460. The van der Waals surface area contributed by atoms with Crippen LogP contribution in [-0.2, 0) is 6.42 Å². The van der Waals surface area contributed by atoms with Crippen molar-refractivity contribution in [2.24, 2.45) is 0 Å². The van der Waals surface area contributed by atoms with Crippen molar-refractivity contribution in [1.29, 1.82) is 0 Å². The maximum absolute atomic E-state index is 3.86. The van der Waals surface area contributed by atoms with E-state index in [4.69, 9.17) is 0 Å². The minimum absolute atomic E-state index is 0.310. The molecule has 27 heavy (non-hydrogen) atoms. The zero-order chi connectivity index (χ0) is 18.0. The van der Waals surface area contributed by atoms with Crippen LogP contribution in [0.1, 0.15) is 39.5 Å². The van der Waals surface area contributed by atoms with Gasteiger partial charge >= 0.3 is 0 Å². The number of hydrogen-bond acceptors (Lipinski definition) is 2. The summed E-state index contributed by atoms with van der Waals surface area (Å²) in [5.74, 6) is 0. The van der Waals surface area contributed by atoms with Crippen LogP contribution in [0.25, 0.3) is 10.9 Å². The van der Waals surface area contributed by atoms with Gasteiger partial charge < -0.3 is 10.3 Å². The van der Waals surface area contributed by atoms with Gasteiger partial charge in [-0.3, -0.25) is 4.90 Å². The van der Waals surface area contributed by atoms with Gasteiger partial charge in [-0.2, -0.15) is 0 Å². The van der Waals surface area contributed by atoms with Gasteiger partial charge in [-0.05, 0) is 41.6 Å². The fourth-order valence-corrected chi connectivity index (χ4v) is 6.06. The molecular weight excluding hydrogens is 350 g/mol. The van der Waals surface area contributed by atoms with Crippen LogP contribution in [0.5, 0.6) is 0 Å². The first kappa shape index (κ1) is 15.5. The molecule has 2 aromatic heterocycles. The molecule has 4 heteroatoms. The van der Waals surface area contributed by atoms with Gasteiger partial charge in [0.15, 0.2) is 12.2 Å². The maximum atomic E-state index is 3.86. The molecule has 0 fully saturated rings. The number of fused-ring (bicyclic) bond motifs is 7. The van der Waals surface area contributed by atoms with Gasteiger partial charge in [0.05, 0.1) is 17.1 Å². The molecule has 2 aliphatic heterocycles. The van der Waals surface area contributed by atoms with Gasteiger partial charge in [0, 0.05) is 28.6 Å². The summed E-state index contributed by atoms with van der Waals surface area (Å²) in [5, 5.41) is 7.48. The lowest BCUT2D eigenvalue weighted by Crippen LogP contribution is -3.15. The normalized spacial score (nSPS) is 23.4. The Kier molecular flexibility index (Phi) is 3.28. The van der Waals surface area contributed by atoms with E-state index in [1.54, 1.807) is 4.90 Å². The Balaban J connectivity index is 1.59. The highest BCUT2D eigenvalue weighted by atomic mass is 32.1. The minimum Gasteiger partial charge on any atom is -0.353 e. The predicted octanol–water partition coefficient (Wildman–Crippen LogP) is 4.19. The van der Waals surface area contributed by atoms with Crippen LogP contribution in [0, 0.1) is 6.92 Å². The Labute approximate surface area is 162 Å². The third-order valence-corrected chi connectivity index (χ3v) is 7.36. The number of aromatic nitrogens is 1. The van der Waals surface area contributed by atoms with Crippen molar-refractivity contribution in [2.45, 2.75) is 25.6 Å². The summed E-state index contributed by atoms with van der Waals surface area (Å²) in [6, 6.07) is 20.2. The zero-order valence-corrected chi connectivity index (χ0v) is 16.1. The van der Waals surface area contributed by atoms with Crippen LogP contribution in [0.2, 0.25) is 0 Å². The Morgan fingerprint density at radius 1 is 1.04 bits per heavy atom. The molecule has 0 aliphatic carbocycles. The summed E-state index contributed by atoms with van der Waals surface area (Å²) >= 11 is 1.88. The molecule has 4 aromatic rings. The lowest BCUT2D eigenvalue weighted by atomic mass is 9.88. The molecule has 0 saturated carbocycles. The molecule has 3 nitrogen and oxygen atoms in total. The SMILES string of the molecule is Cc1ccsc1[C@H]1Nc2ccccc2[C@H]2c3[nH]c4ccccc4c3CC[NH+]21. The first-order chi connectivity index (χ1) is 13.3. The molecule has 2 aromatic carbocycles. The first-order valence-corrected chi connectivity index (χ1v) is 10.5. The Morgan fingerprint density at radius 3 is 2.78 bits per heavy atom. The van der Waals surface area contributed by atoms with Crippen LogP contribution >= 0.6 is 11.3 Å². The van der Waals surface area contributed by atoms with Gasteiger partial charge in [-0.15, -0.1) is 11.3 Å². The molecule has 6 rings (SSSR count). The number of anilines is 1. The number of H-pyrrole nitrogens is 1. The highest BCUT2D eigenvalue weighted by molar-refractivity contribution is 7.10. The fraction of sp³-hybridized carbons (Fsp3) is 0.217. The van der Waals surface area contributed by atoms with Crippen LogP contribution < -0.4 is 10.2 Å². The number of thiophene rings is 1. The highest BCUT2D eigenvalue weighted by Crippen LogP contribution is 2.39. The van der Waals surface area contributed by atoms with E-state index in [2.05, 4.69) is 77.2 Å². The molecule has 2 aliphatic rings. The third kappa shape index (κ3) is 2.17. The molecule has 0 radical (unpaired) electrons. The number of nitrogens with one attached hydrogen (secondary N) is 3. The summed E-state index contributed by atoms with van der Waals surface area (Å²) in [6.07, 6.45) is 1.43. The summed E-state index contributed by atoms with van der Waals surface area (Å²) < 4.78 is 0. The first-order valence-electron chi connectivity index (χ1n) is 9.66. The number of aryl methyl sites for hydroxylation is 1. The Morgan fingerprint density at radius 2 is 1.89 bits per heavy atom. The van der Waals surface area contributed by atoms with Crippen molar-refractivity contribution in [3.05, 3.63) is 87.2 Å². The smallest absolute Gasteiger partial charge is 0.197 e. The van der Waals surface area contributed by atoms with E-state index in [1.165, 1.54) is 43.9 Å². The second-order valence-corrected chi connectivity index (χ2v) is 8.65. The van der Waals surface area contributed by atoms with Crippen molar-refractivity contribution in [1.82, 2.24) is 4.98 Å². The molecular formula is C23H22N3S+. The van der Waals surface area contributed by atoms with E-state index in [0.29, 0.717) is 12.2 Å². The zero-order valence-electron chi connectivity index (χ0n) is 15.3. The van der Waals surface area contributed by atoms with Crippen molar-refractivity contribution in [3.63, 3.8) is 0 Å². The Hall–Kier alpha value is -2.56. The molecule has 4 heterocycles. The molecule has 0 amide bonds. The van der Waals surface area contributed by atoms with E-state index in [9.17, 15) is 0 Å². The number of aromatic amines is 1. The summed E-state index contributed by atoms with van der Waals surface area (Å²) in [4.78, 5) is 6.86. The largest absolute Gasteiger partial charge is 0.353 e. The molecule has 1 unspecified atom stereocenters. The summed E-state index contributed by atoms with van der Waals surface area (Å²) in [5.41, 5.74) is 8.26. The molecule has 3 atom stereocenters. The number of hydrogen-bond donors (Lipinski definition) is 3. The van der Waals surface area contributed by atoms with E-state index in [1.807, 2.05) is 11.3 Å². The fourth-order valence-electron chi connectivity index (χ4n) is 5.04. The summed E-state index contributed by atoms with van der Waals surface area (Å²) in [6.45, 7) is 3.38. The maximum Gasteiger partial charge on any atom is 0.197 e. The van der Waals surface area contributed by atoms with Gasteiger partial charge in [0.25, 0.3) is 0 Å². The monoisotopic (exact) mass is 372 g/mol. The van der Waals surface area contributed by atoms with E-state index in [-0.39, 0.29) is 0 Å². The molecule has 0 saturated heterocycles. The van der Waals surface area contributed by atoms with Crippen LogP contribution in [-0.4, -0.2) is 11.5 Å². The number of benzene rings is 2. The van der Waals surface area contributed by atoms with Crippen molar-refractivity contribution in [2.75, 3.05) is 11.9 Å². The minimum atomic E-state index is 0.310. The van der Waals surface area contributed by atoms with Gasteiger partial charge in [0.1, 0.15) is 0 Å². The number of quaternary nitrogens is 1. The second kappa shape index (κ2) is 5.72. The van der Waals surface area contributed by atoms with Gasteiger partial charge in [-0.1, -0.05) is 36.4 Å². The van der Waals surface area contributed by atoms with E-state index >= 15 is 0 Å². The highest BCUT2D eigenvalue weighted by Gasteiger charge is 2.44. The average Bonchev–Trinajstić information content (AvgIpc) is 3.30. The lowest BCUT2D eigenvalue weighted by molar-refractivity contribution is -0.956. The van der Waals surface area contributed by atoms with E-state index in [0.717, 1.165) is 13.0 Å². The van der Waals surface area contributed by atoms with E-state index < -0.39 is 0 Å². The third-order valence-electron chi connectivity index (χ3n) is 6.28. The second-order valence-electron chi connectivity index (χ2n) is 7.70. The van der Waals surface area contributed by atoms with Crippen LogP contribution in [0.3, 0.4) is 0 Å². The number of para-hydroxylation sites is 2. The molecule has 0 bridgehead atoms. The number of rotatable bonds is 1. The average molecular weight is 373 g/mol. The molecule has 134 valence electrons. The van der Waals surface area contributed by atoms with Crippen LogP contribution in [0.4, 0.5) is 5.69 Å². The Bertz CT molecular complexity index is 1160. The lowest BCUT2D eigenvalue weighted by Gasteiger charge is -2.43. The molecule has 0 spiro atoms. The van der Waals surface area contributed by atoms with Crippen molar-refractivity contribution >= 4 is 27.9 Å². The molecule has 3 N–H and O–H groups in total.